The molecule has 3 aromatic rings. The molecule has 0 bridgehead atoms. The Balaban J connectivity index is 1.50. The maximum absolute atomic E-state index is 5.92. The van der Waals surface area contributed by atoms with Gasteiger partial charge in [-0.25, -0.2) is 4.98 Å². The van der Waals surface area contributed by atoms with Crippen molar-refractivity contribution >= 4 is 16.7 Å². The van der Waals surface area contributed by atoms with E-state index >= 15 is 0 Å². The molecular formula is C20H20N2O. The topological polar surface area (TPSA) is 29.3 Å². The predicted molar refractivity (Wildman–Crippen MR) is 93.1 cm³/mol. The van der Waals surface area contributed by atoms with Crippen LogP contribution in [0.4, 0.5) is 0 Å². The van der Waals surface area contributed by atoms with Crippen molar-refractivity contribution in [3.05, 3.63) is 71.6 Å². The van der Waals surface area contributed by atoms with Crippen molar-refractivity contribution in [3.8, 4) is 0 Å². The average molecular weight is 304 g/mol. The molecule has 2 aromatic carbocycles. The van der Waals surface area contributed by atoms with Gasteiger partial charge in [-0.15, -0.1) is 0 Å². The first-order chi connectivity index (χ1) is 11.3. The quantitative estimate of drug-likeness (QED) is 0.717. The summed E-state index contributed by atoms with van der Waals surface area (Å²) in [7, 11) is 0. The summed E-state index contributed by atoms with van der Waals surface area (Å²) in [5.41, 5.74) is 5.62. The van der Waals surface area contributed by atoms with Crippen molar-refractivity contribution in [1.82, 2.24) is 9.88 Å². The Morgan fingerprint density at radius 1 is 1.13 bits per heavy atom. The Kier molecular flexibility index (Phi) is 3.72. The predicted octanol–water partition coefficient (Wildman–Crippen LogP) is 4.43. The number of rotatable bonds is 3. The summed E-state index contributed by atoms with van der Waals surface area (Å²) in [6, 6.07) is 16.8. The first-order valence-electron chi connectivity index (χ1n) is 8.11. The van der Waals surface area contributed by atoms with E-state index in [-0.39, 0.29) is 0 Å². The van der Waals surface area contributed by atoms with Gasteiger partial charge >= 0.3 is 0 Å². The Bertz CT molecular complexity index is 848. The highest BCUT2D eigenvalue weighted by Gasteiger charge is 2.17. The Morgan fingerprint density at radius 2 is 2.00 bits per heavy atom. The molecule has 0 amide bonds. The second-order valence-corrected chi connectivity index (χ2v) is 6.19. The lowest BCUT2D eigenvalue weighted by molar-refractivity contribution is 0.292. The van der Waals surface area contributed by atoms with Gasteiger partial charge in [-0.2, -0.15) is 0 Å². The van der Waals surface area contributed by atoms with Crippen LogP contribution in [0.5, 0.6) is 0 Å². The van der Waals surface area contributed by atoms with Gasteiger partial charge in [0.2, 0.25) is 5.89 Å². The van der Waals surface area contributed by atoms with Crippen LogP contribution in [0.1, 0.15) is 23.4 Å². The van der Waals surface area contributed by atoms with E-state index in [9.17, 15) is 0 Å². The van der Waals surface area contributed by atoms with Gasteiger partial charge in [0, 0.05) is 25.2 Å². The van der Waals surface area contributed by atoms with Gasteiger partial charge in [0.05, 0.1) is 0 Å². The number of fused-ring (bicyclic) bond motifs is 1. The van der Waals surface area contributed by atoms with Crippen LogP contribution in [0.25, 0.3) is 16.7 Å². The molecule has 23 heavy (non-hydrogen) atoms. The minimum absolute atomic E-state index is 0.782. The van der Waals surface area contributed by atoms with Gasteiger partial charge in [0.15, 0.2) is 5.58 Å². The van der Waals surface area contributed by atoms with E-state index < -0.39 is 0 Å². The summed E-state index contributed by atoms with van der Waals surface area (Å²) in [6.07, 6.45) is 3.24. The summed E-state index contributed by atoms with van der Waals surface area (Å²) in [6.45, 7) is 5.06. The van der Waals surface area contributed by atoms with Crippen LogP contribution in [-0.4, -0.2) is 23.0 Å². The molecule has 2 heterocycles. The highest BCUT2D eigenvalue weighted by atomic mass is 16.3. The van der Waals surface area contributed by atoms with Crippen LogP contribution >= 0.6 is 0 Å². The van der Waals surface area contributed by atoms with Crippen molar-refractivity contribution in [2.45, 2.75) is 19.9 Å². The molecule has 0 radical (unpaired) electrons. The normalized spacial score (nSPS) is 15.8. The molecular weight excluding hydrogens is 284 g/mol. The Labute approximate surface area is 136 Å². The molecule has 1 aliphatic heterocycles. The lowest BCUT2D eigenvalue weighted by atomic mass is 10.1. The van der Waals surface area contributed by atoms with Crippen molar-refractivity contribution in [2.75, 3.05) is 13.1 Å². The smallest absolute Gasteiger partial charge is 0.222 e. The first kappa shape index (κ1) is 14.2. The van der Waals surface area contributed by atoms with E-state index in [4.69, 9.17) is 4.42 Å². The molecule has 0 unspecified atom stereocenters. The molecule has 3 nitrogen and oxygen atoms in total. The number of aryl methyl sites for hydroxylation is 1. The zero-order valence-corrected chi connectivity index (χ0v) is 13.3. The fourth-order valence-electron chi connectivity index (χ4n) is 3.07. The van der Waals surface area contributed by atoms with Crippen LogP contribution in [-0.2, 0) is 6.54 Å². The zero-order valence-electron chi connectivity index (χ0n) is 13.3. The summed E-state index contributed by atoms with van der Waals surface area (Å²) in [4.78, 5) is 7.10. The number of nitrogens with zero attached hydrogens (tertiary/aromatic N) is 2. The largest absolute Gasteiger partial charge is 0.436 e. The van der Waals surface area contributed by atoms with Crippen molar-refractivity contribution in [1.29, 1.82) is 0 Å². The number of oxazole rings is 1. The lowest BCUT2D eigenvalue weighted by Crippen LogP contribution is -2.28. The molecule has 3 heteroatoms. The SMILES string of the molecule is Cc1ccc2oc(C3=CCN(Cc4ccccc4)CC3)nc2c1. The molecule has 116 valence electrons. The Hall–Kier alpha value is -2.39. The van der Waals surface area contributed by atoms with E-state index in [2.05, 4.69) is 65.3 Å². The second kappa shape index (κ2) is 6.01. The van der Waals surface area contributed by atoms with E-state index in [1.807, 2.05) is 6.07 Å². The molecule has 0 saturated heterocycles. The monoisotopic (exact) mass is 304 g/mol. The zero-order chi connectivity index (χ0) is 15.6. The minimum atomic E-state index is 0.782. The van der Waals surface area contributed by atoms with Gasteiger partial charge in [0.25, 0.3) is 0 Å². The van der Waals surface area contributed by atoms with Gasteiger partial charge in [-0.05, 0) is 36.6 Å². The third-order valence-electron chi connectivity index (χ3n) is 4.36. The molecule has 0 aliphatic carbocycles. The van der Waals surface area contributed by atoms with E-state index in [1.54, 1.807) is 0 Å². The van der Waals surface area contributed by atoms with E-state index in [0.29, 0.717) is 0 Å². The summed E-state index contributed by atoms with van der Waals surface area (Å²) in [5, 5.41) is 0. The fourth-order valence-corrected chi connectivity index (χ4v) is 3.07. The van der Waals surface area contributed by atoms with Gasteiger partial charge < -0.3 is 4.42 Å². The second-order valence-electron chi connectivity index (χ2n) is 6.19. The number of hydrogen-bond donors (Lipinski definition) is 0. The molecule has 0 saturated carbocycles. The summed E-state index contributed by atoms with van der Waals surface area (Å²) >= 11 is 0. The van der Waals surface area contributed by atoms with Crippen molar-refractivity contribution < 1.29 is 4.42 Å². The van der Waals surface area contributed by atoms with Crippen LogP contribution in [0, 0.1) is 6.92 Å². The number of hydrogen-bond acceptors (Lipinski definition) is 3. The molecule has 0 N–H and O–H groups in total. The third kappa shape index (κ3) is 3.06. The van der Waals surface area contributed by atoms with Crippen molar-refractivity contribution in [3.63, 3.8) is 0 Å². The van der Waals surface area contributed by atoms with Gasteiger partial charge in [0.1, 0.15) is 5.52 Å². The van der Waals surface area contributed by atoms with E-state index in [1.165, 1.54) is 16.7 Å². The first-order valence-corrected chi connectivity index (χ1v) is 8.11. The van der Waals surface area contributed by atoms with Crippen LogP contribution in [0.2, 0.25) is 0 Å². The highest BCUT2D eigenvalue weighted by Crippen LogP contribution is 2.26. The molecule has 0 spiro atoms. The van der Waals surface area contributed by atoms with Crippen LogP contribution < -0.4 is 0 Å². The summed E-state index contributed by atoms with van der Waals surface area (Å²) < 4.78 is 5.92. The van der Waals surface area contributed by atoms with Crippen LogP contribution in [0.15, 0.2) is 59.0 Å². The van der Waals surface area contributed by atoms with Crippen LogP contribution in [0.3, 0.4) is 0 Å². The van der Waals surface area contributed by atoms with Crippen molar-refractivity contribution in [2.24, 2.45) is 0 Å². The standard InChI is InChI=1S/C20H20N2O/c1-15-7-8-19-18(13-15)21-20(23-19)17-9-11-22(12-10-17)14-16-5-3-2-4-6-16/h2-9,13H,10-12,14H2,1H3. The highest BCUT2D eigenvalue weighted by molar-refractivity contribution is 5.76. The molecule has 0 fully saturated rings. The number of aromatic nitrogens is 1. The van der Waals surface area contributed by atoms with Gasteiger partial charge in [-0.3, -0.25) is 4.90 Å². The van der Waals surface area contributed by atoms with Gasteiger partial charge in [-0.1, -0.05) is 42.5 Å². The lowest BCUT2D eigenvalue weighted by Gasteiger charge is -2.25. The molecule has 0 atom stereocenters. The average Bonchev–Trinajstić information content (AvgIpc) is 2.99. The third-order valence-corrected chi connectivity index (χ3v) is 4.36. The molecule has 4 rings (SSSR count). The van der Waals surface area contributed by atoms with E-state index in [0.717, 1.165) is 43.0 Å². The minimum Gasteiger partial charge on any atom is -0.436 e. The summed E-state index contributed by atoms with van der Waals surface area (Å²) in [5.74, 6) is 0.782. The maximum atomic E-state index is 5.92. The Morgan fingerprint density at radius 3 is 2.78 bits per heavy atom. The molecule has 1 aliphatic rings. The molecule has 1 aromatic heterocycles. The fraction of sp³-hybridized carbons (Fsp3) is 0.250. The maximum Gasteiger partial charge on any atom is 0.222 e. The number of benzene rings is 2.